The van der Waals surface area contributed by atoms with Crippen LogP contribution >= 0.6 is 11.8 Å². The summed E-state index contributed by atoms with van der Waals surface area (Å²) in [6.07, 6.45) is 2.61. The van der Waals surface area contributed by atoms with E-state index in [0.717, 1.165) is 51.9 Å². The fourth-order valence-corrected chi connectivity index (χ4v) is 4.17. The van der Waals surface area contributed by atoms with Gasteiger partial charge in [-0.25, -0.2) is 0 Å². The standard InChI is InChI=1S/C16H32N4OS/c1-4-17-15(19-13-16(3)6-5-11-22-16)18-12-14(2)20-7-9-21-10-8-20/h14H,4-13H2,1-3H3,(H2,17,18,19). The fraction of sp³-hybridized carbons (Fsp3) is 0.938. The molecule has 2 aliphatic heterocycles. The van der Waals surface area contributed by atoms with Gasteiger partial charge in [-0.05, 0) is 39.4 Å². The highest BCUT2D eigenvalue weighted by Gasteiger charge is 2.29. The van der Waals surface area contributed by atoms with E-state index in [1.807, 2.05) is 0 Å². The number of nitrogens with zero attached hydrogens (tertiary/aromatic N) is 2. The Bertz CT molecular complexity index is 352. The number of thioether (sulfide) groups is 1. The second kappa shape index (κ2) is 8.99. The van der Waals surface area contributed by atoms with Gasteiger partial charge in [-0.3, -0.25) is 9.89 Å². The van der Waals surface area contributed by atoms with Gasteiger partial charge in [0.05, 0.1) is 19.8 Å². The summed E-state index contributed by atoms with van der Waals surface area (Å²) < 4.78 is 5.75. The summed E-state index contributed by atoms with van der Waals surface area (Å²) >= 11 is 2.07. The molecule has 0 amide bonds. The molecule has 0 aromatic carbocycles. The van der Waals surface area contributed by atoms with Gasteiger partial charge in [-0.1, -0.05) is 0 Å². The average Bonchev–Trinajstić information content (AvgIpc) is 2.98. The molecule has 0 bridgehead atoms. The Hall–Kier alpha value is -0.460. The summed E-state index contributed by atoms with van der Waals surface area (Å²) in [5, 5.41) is 6.87. The summed E-state index contributed by atoms with van der Waals surface area (Å²) in [4.78, 5) is 7.30. The van der Waals surface area contributed by atoms with Crippen LogP contribution in [0.5, 0.6) is 0 Å². The Labute approximate surface area is 139 Å². The number of morpholine rings is 1. The molecule has 22 heavy (non-hydrogen) atoms. The predicted octanol–water partition coefficient (Wildman–Crippen LogP) is 1.55. The molecule has 5 nitrogen and oxygen atoms in total. The molecule has 2 unspecified atom stereocenters. The van der Waals surface area contributed by atoms with Crippen molar-refractivity contribution in [1.82, 2.24) is 15.5 Å². The molecule has 2 heterocycles. The minimum atomic E-state index is 0.332. The lowest BCUT2D eigenvalue weighted by Crippen LogP contribution is -2.49. The number of hydrogen-bond acceptors (Lipinski definition) is 4. The molecule has 0 saturated carbocycles. The Balaban J connectivity index is 1.79. The van der Waals surface area contributed by atoms with Gasteiger partial charge >= 0.3 is 0 Å². The number of nitrogens with one attached hydrogen (secondary N) is 2. The topological polar surface area (TPSA) is 48.9 Å². The summed E-state index contributed by atoms with van der Waals surface area (Å²) in [6.45, 7) is 13.2. The van der Waals surface area contributed by atoms with E-state index >= 15 is 0 Å². The Morgan fingerprint density at radius 2 is 2.14 bits per heavy atom. The maximum absolute atomic E-state index is 5.42. The molecule has 0 spiro atoms. The van der Waals surface area contributed by atoms with Crippen molar-refractivity contribution >= 4 is 17.7 Å². The van der Waals surface area contributed by atoms with E-state index in [1.165, 1.54) is 18.6 Å². The zero-order valence-electron chi connectivity index (χ0n) is 14.4. The van der Waals surface area contributed by atoms with Crippen LogP contribution in [0.4, 0.5) is 0 Å². The van der Waals surface area contributed by atoms with Crippen LogP contribution in [-0.4, -0.2) is 73.3 Å². The van der Waals surface area contributed by atoms with Crippen molar-refractivity contribution in [3.63, 3.8) is 0 Å². The third kappa shape index (κ3) is 5.63. The molecule has 0 aromatic heterocycles. The van der Waals surface area contributed by atoms with Crippen LogP contribution in [0.25, 0.3) is 0 Å². The molecular formula is C16H32N4OS. The molecule has 0 aromatic rings. The van der Waals surface area contributed by atoms with Crippen molar-refractivity contribution in [2.75, 3.05) is 51.7 Å². The molecule has 0 aliphatic carbocycles. The number of ether oxygens (including phenoxy) is 1. The van der Waals surface area contributed by atoms with Crippen molar-refractivity contribution in [3.05, 3.63) is 0 Å². The quantitative estimate of drug-likeness (QED) is 0.572. The smallest absolute Gasteiger partial charge is 0.191 e. The van der Waals surface area contributed by atoms with E-state index < -0.39 is 0 Å². The second-order valence-electron chi connectivity index (χ2n) is 6.48. The highest BCUT2D eigenvalue weighted by Crippen LogP contribution is 2.37. The van der Waals surface area contributed by atoms with Crippen LogP contribution in [0, 0.1) is 0 Å². The second-order valence-corrected chi connectivity index (χ2v) is 8.16. The monoisotopic (exact) mass is 328 g/mol. The van der Waals surface area contributed by atoms with E-state index in [9.17, 15) is 0 Å². The van der Waals surface area contributed by atoms with Gasteiger partial charge in [0.2, 0.25) is 0 Å². The first-order chi connectivity index (χ1) is 10.6. The lowest BCUT2D eigenvalue weighted by Gasteiger charge is -2.32. The zero-order chi connectivity index (χ0) is 15.8. The fourth-order valence-electron chi connectivity index (χ4n) is 2.94. The average molecular weight is 329 g/mol. The lowest BCUT2D eigenvalue weighted by atomic mass is 10.1. The number of guanidine groups is 1. The number of hydrogen-bond donors (Lipinski definition) is 2. The molecule has 128 valence electrons. The first-order valence-electron chi connectivity index (χ1n) is 8.61. The summed E-state index contributed by atoms with van der Waals surface area (Å²) in [5.41, 5.74) is 0. The van der Waals surface area contributed by atoms with Crippen LogP contribution in [0.2, 0.25) is 0 Å². The Morgan fingerprint density at radius 3 is 2.77 bits per heavy atom. The van der Waals surface area contributed by atoms with Gasteiger partial charge in [-0.15, -0.1) is 0 Å². The van der Waals surface area contributed by atoms with Crippen molar-refractivity contribution in [3.8, 4) is 0 Å². The molecule has 2 atom stereocenters. The van der Waals surface area contributed by atoms with Crippen LogP contribution in [-0.2, 0) is 4.74 Å². The van der Waals surface area contributed by atoms with Crippen molar-refractivity contribution in [2.24, 2.45) is 4.99 Å². The summed E-state index contributed by atoms with van der Waals surface area (Å²) in [6, 6.07) is 0.504. The number of aliphatic imine (C=N–C) groups is 1. The molecule has 2 aliphatic rings. The van der Waals surface area contributed by atoms with Gasteiger partial charge in [0.25, 0.3) is 0 Å². The molecule has 0 radical (unpaired) electrons. The first kappa shape index (κ1) is 17.9. The Morgan fingerprint density at radius 1 is 1.36 bits per heavy atom. The highest BCUT2D eigenvalue weighted by molar-refractivity contribution is 8.00. The SMILES string of the molecule is CCNC(=NCC1(C)CCCS1)NCC(C)N1CCOCC1. The maximum Gasteiger partial charge on any atom is 0.191 e. The van der Waals surface area contributed by atoms with Crippen molar-refractivity contribution in [2.45, 2.75) is 44.4 Å². The highest BCUT2D eigenvalue weighted by atomic mass is 32.2. The maximum atomic E-state index is 5.42. The largest absolute Gasteiger partial charge is 0.379 e. The van der Waals surface area contributed by atoms with E-state index in [1.54, 1.807) is 0 Å². The van der Waals surface area contributed by atoms with Crippen LogP contribution < -0.4 is 10.6 Å². The molecule has 2 fully saturated rings. The van der Waals surface area contributed by atoms with Gasteiger partial charge in [0, 0.05) is 37.0 Å². The van der Waals surface area contributed by atoms with Crippen LogP contribution in [0.15, 0.2) is 4.99 Å². The lowest BCUT2D eigenvalue weighted by molar-refractivity contribution is 0.0211. The minimum Gasteiger partial charge on any atom is -0.379 e. The molecule has 2 N–H and O–H groups in total. The van der Waals surface area contributed by atoms with E-state index in [0.29, 0.717) is 10.8 Å². The zero-order valence-corrected chi connectivity index (χ0v) is 15.2. The molecule has 6 heteroatoms. The van der Waals surface area contributed by atoms with E-state index in [4.69, 9.17) is 9.73 Å². The third-order valence-electron chi connectivity index (χ3n) is 4.45. The normalized spacial score (nSPS) is 28.6. The predicted molar refractivity (Wildman–Crippen MR) is 95.9 cm³/mol. The first-order valence-corrected chi connectivity index (χ1v) is 9.59. The summed E-state index contributed by atoms with van der Waals surface area (Å²) in [7, 11) is 0. The van der Waals surface area contributed by atoms with E-state index in [-0.39, 0.29) is 0 Å². The van der Waals surface area contributed by atoms with Crippen molar-refractivity contribution in [1.29, 1.82) is 0 Å². The van der Waals surface area contributed by atoms with Gasteiger partial charge in [0.1, 0.15) is 0 Å². The van der Waals surface area contributed by atoms with Crippen LogP contribution in [0.1, 0.15) is 33.6 Å². The molecule has 2 saturated heterocycles. The van der Waals surface area contributed by atoms with Crippen LogP contribution in [0.3, 0.4) is 0 Å². The molecule has 2 rings (SSSR count). The summed E-state index contributed by atoms with van der Waals surface area (Å²) in [5.74, 6) is 2.24. The van der Waals surface area contributed by atoms with E-state index in [2.05, 4.69) is 48.1 Å². The van der Waals surface area contributed by atoms with Gasteiger partial charge in [0.15, 0.2) is 5.96 Å². The minimum absolute atomic E-state index is 0.332. The van der Waals surface area contributed by atoms with Gasteiger partial charge < -0.3 is 15.4 Å². The third-order valence-corrected chi connectivity index (χ3v) is 5.97. The molecular weight excluding hydrogens is 296 g/mol. The van der Waals surface area contributed by atoms with Gasteiger partial charge in [-0.2, -0.15) is 11.8 Å². The number of rotatable bonds is 6. The van der Waals surface area contributed by atoms with Crippen molar-refractivity contribution < 1.29 is 4.74 Å². The Kier molecular flexibility index (Phi) is 7.31.